The van der Waals surface area contributed by atoms with Gasteiger partial charge in [0.1, 0.15) is 43.2 Å². The van der Waals surface area contributed by atoms with Crippen LogP contribution in [-0.4, -0.2) is 155 Å². The topological polar surface area (TPSA) is 283 Å². The molecule has 0 aromatic rings. The zero-order valence-corrected chi connectivity index (χ0v) is 17.3. The molecular formula is C12H25NaO17P2. The van der Waals surface area contributed by atoms with Gasteiger partial charge >= 0.3 is 45.2 Å². The van der Waals surface area contributed by atoms with Crippen LogP contribution in [-0.2, 0) is 32.2 Å². The van der Waals surface area contributed by atoms with Gasteiger partial charge in [-0.25, -0.2) is 9.13 Å². The van der Waals surface area contributed by atoms with Crippen LogP contribution in [0.3, 0.4) is 0 Å². The van der Waals surface area contributed by atoms with Crippen LogP contribution >= 0.6 is 15.6 Å². The standard InChI is InChI=1S/C12H24O17P2.Na.H/c13-1-4-6(16)8(18)9(19)11(25-4)27-12(3-15)10(7(17)5(2-14)26-12)28-31(23,24)29-30(20,21)22;;/h4-11,13-19H,1-3H2,(H,23,24)(H2,20,21,22);;/t4-,5-,6-,7-,8+,9-,10+,11-,12+;;/m1../s1. The first kappa shape index (κ1) is 30.9. The molecule has 0 spiro atoms. The van der Waals surface area contributed by atoms with Gasteiger partial charge in [-0.15, -0.1) is 0 Å². The van der Waals surface area contributed by atoms with Crippen molar-refractivity contribution in [1.82, 2.24) is 0 Å². The number of phosphoric acid groups is 2. The molecule has 2 heterocycles. The van der Waals surface area contributed by atoms with Gasteiger partial charge in [-0.2, -0.15) is 4.31 Å². The van der Waals surface area contributed by atoms with Crippen LogP contribution in [0.4, 0.5) is 0 Å². The van der Waals surface area contributed by atoms with Crippen molar-refractivity contribution in [3.8, 4) is 0 Å². The van der Waals surface area contributed by atoms with E-state index in [-0.39, 0.29) is 29.6 Å². The van der Waals surface area contributed by atoms with Gasteiger partial charge in [0, 0.05) is 0 Å². The van der Waals surface area contributed by atoms with E-state index in [1.807, 2.05) is 0 Å². The quantitative estimate of drug-likeness (QED) is 0.0989. The van der Waals surface area contributed by atoms with Crippen molar-refractivity contribution >= 4 is 45.2 Å². The van der Waals surface area contributed by atoms with Crippen molar-refractivity contribution in [1.29, 1.82) is 0 Å². The van der Waals surface area contributed by atoms with Crippen LogP contribution in [0.1, 0.15) is 0 Å². The van der Waals surface area contributed by atoms with Crippen molar-refractivity contribution in [2.24, 2.45) is 0 Å². The molecule has 0 amide bonds. The summed E-state index contributed by atoms with van der Waals surface area (Å²) in [6.07, 6.45) is -15.2. The minimum absolute atomic E-state index is 0. The molecule has 0 radical (unpaired) electrons. The predicted molar refractivity (Wildman–Crippen MR) is 97.6 cm³/mol. The average molecular weight is 526 g/mol. The van der Waals surface area contributed by atoms with E-state index in [0.29, 0.717) is 0 Å². The first-order valence-corrected chi connectivity index (χ1v) is 11.6. The second-order valence-electron chi connectivity index (χ2n) is 6.68. The number of phosphoric ester groups is 1. The Morgan fingerprint density at radius 3 is 1.88 bits per heavy atom. The third-order valence-corrected chi connectivity index (χ3v) is 6.67. The summed E-state index contributed by atoms with van der Waals surface area (Å²) in [5.41, 5.74) is 0. The van der Waals surface area contributed by atoms with Crippen molar-refractivity contribution < 1.29 is 82.6 Å². The van der Waals surface area contributed by atoms with E-state index in [1.165, 1.54) is 0 Å². The Morgan fingerprint density at radius 1 is 0.844 bits per heavy atom. The molecule has 2 aliphatic rings. The van der Waals surface area contributed by atoms with Gasteiger partial charge in [0.25, 0.3) is 0 Å². The molecular weight excluding hydrogens is 501 g/mol. The Morgan fingerprint density at radius 2 is 1.41 bits per heavy atom. The number of aliphatic hydroxyl groups excluding tert-OH is 7. The van der Waals surface area contributed by atoms with Crippen molar-refractivity contribution in [3.05, 3.63) is 0 Å². The monoisotopic (exact) mass is 526 g/mol. The van der Waals surface area contributed by atoms with Gasteiger partial charge < -0.3 is 64.6 Å². The van der Waals surface area contributed by atoms with E-state index >= 15 is 0 Å². The fraction of sp³-hybridized carbons (Fsp3) is 1.00. The van der Waals surface area contributed by atoms with E-state index in [2.05, 4.69) is 8.83 Å². The van der Waals surface area contributed by atoms with Crippen LogP contribution < -0.4 is 0 Å². The summed E-state index contributed by atoms with van der Waals surface area (Å²) in [6.45, 7) is -3.15. The number of hydrogen-bond donors (Lipinski definition) is 10. The van der Waals surface area contributed by atoms with E-state index in [0.717, 1.165) is 0 Å². The van der Waals surface area contributed by atoms with Crippen molar-refractivity contribution in [2.75, 3.05) is 19.8 Å². The van der Waals surface area contributed by atoms with E-state index < -0.39 is 90.3 Å². The minimum atomic E-state index is -5.65. The van der Waals surface area contributed by atoms with Gasteiger partial charge in [-0.05, 0) is 0 Å². The molecule has 0 bridgehead atoms. The van der Waals surface area contributed by atoms with E-state index in [1.54, 1.807) is 0 Å². The van der Waals surface area contributed by atoms with E-state index in [9.17, 15) is 49.8 Å². The molecule has 2 saturated heterocycles. The predicted octanol–water partition coefficient (Wildman–Crippen LogP) is -5.81. The molecule has 186 valence electrons. The first-order valence-electron chi connectivity index (χ1n) is 8.54. The SMILES string of the molecule is O=P(O)(O)OP(=O)(O)O[C@H]1[C@H](O)[C@@H](CO)O[C@@]1(CO)O[C@H]1O[C@H](CO)[C@@H](O)[C@H](O)[C@H]1O.[NaH]. The number of aliphatic hydroxyl groups is 7. The maximum atomic E-state index is 11.9. The summed E-state index contributed by atoms with van der Waals surface area (Å²) < 4.78 is 46.4. The fourth-order valence-corrected chi connectivity index (χ4v) is 4.86. The summed E-state index contributed by atoms with van der Waals surface area (Å²) in [4.78, 5) is 27.0. The van der Waals surface area contributed by atoms with Gasteiger partial charge in [0.05, 0.1) is 13.2 Å². The third kappa shape index (κ3) is 6.96. The van der Waals surface area contributed by atoms with Crippen LogP contribution in [0.5, 0.6) is 0 Å². The molecule has 0 aliphatic carbocycles. The zero-order valence-electron chi connectivity index (χ0n) is 15.5. The van der Waals surface area contributed by atoms with Crippen molar-refractivity contribution in [2.45, 2.75) is 54.8 Å². The molecule has 32 heavy (non-hydrogen) atoms. The van der Waals surface area contributed by atoms with Crippen LogP contribution in [0.15, 0.2) is 0 Å². The normalized spacial score (nSPS) is 42.3. The van der Waals surface area contributed by atoms with E-state index in [4.69, 9.17) is 24.0 Å². The maximum absolute atomic E-state index is 11.9. The summed E-state index contributed by atoms with van der Waals surface area (Å²) in [7, 11) is -11.2. The van der Waals surface area contributed by atoms with Crippen molar-refractivity contribution in [3.63, 3.8) is 0 Å². The summed E-state index contributed by atoms with van der Waals surface area (Å²) in [5, 5.41) is 68.4. The van der Waals surface area contributed by atoms with Crippen LogP contribution in [0.25, 0.3) is 0 Å². The second kappa shape index (κ2) is 11.7. The van der Waals surface area contributed by atoms with Gasteiger partial charge in [-0.3, -0.25) is 4.52 Å². The second-order valence-corrected chi connectivity index (χ2v) is 9.46. The van der Waals surface area contributed by atoms with Gasteiger partial charge in [-0.1, -0.05) is 0 Å². The molecule has 1 unspecified atom stereocenters. The molecule has 20 heteroatoms. The van der Waals surface area contributed by atoms with Gasteiger partial charge in [0.15, 0.2) is 12.4 Å². The molecule has 2 aliphatic heterocycles. The Hall–Kier alpha value is 0.860. The molecule has 2 rings (SSSR count). The average Bonchev–Trinajstić information content (AvgIpc) is 2.92. The molecule has 10 atom stereocenters. The Kier molecular flexibility index (Phi) is 11.3. The number of ether oxygens (including phenoxy) is 3. The summed E-state index contributed by atoms with van der Waals surface area (Å²) in [6, 6.07) is 0. The zero-order chi connectivity index (χ0) is 23.8. The Bertz CT molecular complexity index is 705. The molecule has 17 nitrogen and oxygen atoms in total. The summed E-state index contributed by atoms with van der Waals surface area (Å²) >= 11 is 0. The molecule has 0 aromatic carbocycles. The fourth-order valence-electron chi connectivity index (χ4n) is 3.05. The van der Waals surface area contributed by atoms with Crippen LogP contribution in [0.2, 0.25) is 0 Å². The Balaban J connectivity index is 0.00000512. The molecule has 2 fully saturated rings. The Labute approximate surface area is 202 Å². The number of hydrogen-bond acceptors (Lipinski definition) is 14. The molecule has 0 aromatic heterocycles. The molecule has 0 saturated carbocycles. The number of rotatable bonds is 9. The first-order chi connectivity index (χ1) is 14.2. The van der Waals surface area contributed by atoms with Crippen LogP contribution in [0, 0.1) is 0 Å². The molecule has 10 N–H and O–H groups in total. The third-order valence-electron chi connectivity index (χ3n) is 4.50. The summed E-state index contributed by atoms with van der Waals surface area (Å²) in [5.74, 6) is -2.73. The van der Waals surface area contributed by atoms with Gasteiger partial charge in [0.2, 0.25) is 5.79 Å².